The van der Waals surface area contributed by atoms with E-state index in [1.807, 2.05) is 45.0 Å². The van der Waals surface area contributed by atoms with Crippen LogP contribution in [0.5, 0.6) is 11.5 Å². The lowest BCUT2D eigenvalue weighted by Gasteiger charge is -2.17. The van der Waals surface area contributed by atoms with Gasteiger partial charge in [-0.3, -0.25) is 20.4 Å². The summed E-state index contributed by atoms with van der Waals surface area (Å²) in [7, 11) is 0. The molecule has 0 aliphatic rings. The van der Waals surface area contributed by atoms with Crippen LogP contribution in [-0.4, -0.2) is 24.5 Å². The molecule has 0 saturated carbocycles. The van der Waals surface area contributed by atoms with Gasteiger partial charge in [-0.1, -0.05) is 30.7 Å². The first-order valence-corrected chi connectivity index (χ1v) is 9.39. The Balaban J connectivity index is 1.80. The number of hydrazine groups is 1. The Bertz CT molecular complexity index is 793. The van der Waals surface area contributed by atoms with Gasteiger partial charge in [0.25, 0.3) is 11.8 Å². The second-order valence-corrected chi connectivity index (χ2v) is 6.94. The number of carbonyl (C=O) groups is 2. The minimum absolute atomic E-state index is 0.225. The average molecular weight is 435 g/mol. The SMILES string of the molecule is CCC(Oc1ccc(C)cc1)C(=O)NNC(=O)COc1ccc(C)cc1Br. The number of aryl methyl sites for hydroxylation is 2. The summed E-state index contributed by atoms with van der Waals surface area (Å²) in [5, 5.41) is 0. The van der Waals surface area contributed by atoms with Gasteiger partial charge in [-0.05, 0) is 66.0 Å². The first kappa shape index (κ1) is 20.8. The number of ether oxygens (including phenoxy) is 2. The number of hydrogen-bond donors (Lipinski definition) is 2. The van der Waals surface area contributed by atoms with Crippen LogP contribution in [0.15, 0.2) is 46.9 Å². The molecule has 144 valence electrons. The maximum atomic E-state index is 12.2. The van der Waals surface area contributed by atoms with Crippen molar-refractivity contribution in [3.63, 3.8) is 0 Å². The zero-order valence-corrected chi connectivity index (χ0v) is 17.1. The monoisotopic (exact) mass is 434 g/mol. The van der Waals surface area contributed by atoms with Gasteiger partial charge in [-0.15, -0.1) is 0 Å². The maximum Gasteiger partial charge on any atom is 0.279 e. The summed E-state index contributed by atoms with van der Waals surface area (Å²) in [6.07, 6.45) is -0.247. The Morgan fingerprint density at radius 3 is 2.33 bits per heavy atom. The number of amides is 2. The zero-order chi connectivity index (χ0) is 19.8. The van der Waals surface area contributed by atoms with Gasteiger partial charge in [0, 0.05) is 0 Å². The molecule has 0 spiro atoms. The molecule has 6 nitrogen and oxygen atoms in total. The summed E-state index contributed by atoms with van der Waals surface area (Å²) in [6, 6.07) is 13.0. The number of nitrogens with one attached hydrogen (secondary N) is 2. The second kappa shape index (κ2) is 9.97. The van der Waals surface area contributed by atoms with E-state index in [9.17, 15) is 9.59 Å². The van der Waals surface area contributed by atoms with Gasteiger partial charge in [-0.2, -0.15) is 0 Å². The fourth-order valence-electron chi connectivity index (χ4n) is 2.22. The molecule has 0 saturated heterocycles. The van der Waals surface area contributed by atoms with Gasteiger partial charge in [0.05, 0.1) is 4.47 Å². The molecular formula is C20H23BrN2O4. The molecular weight excluding hydrogens is 412 g/mol. The summed E-state index contributed by atoms with van der Waals surface area (Å²) < 4.78 is 11.9. The van der Waals surface area contributed by atoms with Gasteiger partial charge >= 0.3 is 0 Å². The predicted molar refractivity (Wildman–Crippen MR) is 107 cm³/mol. The van der Waals surface area contributed by atoms with Crippen molar-refractivity contribution in [2.75, 3.05) is 6.61 Å². The van der Waals surface area contributed by atoms with Crippen molar-refractivity contribution in [3.8, 4) is 11.5 Å². The van der Waals surface area contributed by atoms with Crippen molar-refractivity contribution in [2.45, 2.75) is 33.3 Å². The highest BCUT2D eigenvalue weighted by Crippen LogP contribution is 2.25. The normalized spacial score (nSPS) is 11.4. The Morgan fingerprint density at radius 1 is 1.04 bits per heavy atom. The maximum absolute atomic E-state index is 12.2. The number of benzene rings is 2. The van der Waals surface area contributed by atoms with Gasteiger partial charge in [0.1, 0.15) is 11.5 Å². The van der Waals surface area contributed by atoms with E-state index in [1.54, 1.807) is 18.2 Å². The van der Waals surface area contributed by atoms with E-state index in [4.69, 9.17) is 9.47 Å². The molecule has 0 heterocycles. The lowest BCUT2D eigenvalue weighted by atomic mass is 10.2. The smallest absolute Gasteiger partial charge is 0.279 e. The van der Waals surface area contributed by atoms with Crippen LogP contribution in [0.3, 0.4) is 0 Å². The summed E-state index contributed by atoms with van der Waals surface area (Å²) >= 11 is 3.38. The van der Waals surface area contributed by atoms with Crippen LogP contribution < -0.4 is 20.3 Å². The summed E-state index contributed by atoms with van der Waals surface area (Å²) in [6.45, 7) is 5.54. The largest absolute Gasteiger partial charge is 0.483 e. The molecule has 1 unspecified atom stereocenters. The van der Waals surface area contributed by atoms with Crippen molar-refractivity contribution in [2.24, 2.45) is 0 Å². The Hall–Kier alpha value is -2.54. The minimum Gasteiger partial charge on any atom is -0.483 e. The zero-order valence-electron chi connectivity index (χ0n) is 15.5. The van der Waals surface area contributed by atoms with Crippen molar-refractivity contribution >= 4 is 27.7 Å². The molecule has 2 aromatic rings. The van der Waals surface area contributed by atoms with Gasteiger partial charge in [0.2, 0.25) is 0 Å². The quantitative estimate of drug-likeness (QED) is 0.654. The van der Waals surface area contributed by atoms with Crippen LogP contribution in [0.2, 0.25) is 0 Å². The predicted octanol–water partition coefficient (Wildman–Crippen LogP) is 3.45. The van der Waals surface area contributed by atoms with Crippen molar-refractivity contribution in [1.29, 1.82) is 0 Å². The molecule has 2 rings (SSSR count). The van der Waals surface area contributed by atoms with E-state index in [1.165, 1.54) is 0 Å². The van der Waals surface area contributed by atoms with E-state index in [-0.39, 0.29) is 6.61 Å². The van der Waals surface area contributed by atoms with Crippen LogP contribution in [0.4, 0.5) is 0 Å². The van der Waals surface area contributed by atoms with E-state index in [0.29, 0.717) is 17.9 Å². The number of carbonyl (C=O) groups excluding carboxylic acids is 2. The molecule has 0 aliphatic carbocycles. The first-order valence-electron chi connectivity index (χ1n) is 8.60. The van der Waals surface area contributed by atoms with E-state index < -0.39 is 17.9 Å². The molecule has 0 fully saturated rings. The topological polar surface area (TPSA) is 76.7 Å². The highest BCUT2D eigenvalue weighted by atomic mass is 79.9. The summed E-state index contributed by atoms with van der Waals surface area (Å²) in [5.74, 6) is 0.252. The average Bonchev–Trinajstić information content (AvgIpc) is 2.65. The molecule has 0 radical (unpaired) electrons. The molecule has 7 heteroatoms. The van der Waals surface area contributed by atoms with Crippen LogP contribution in [-0.2, 0) is 9.59 Å². The third-order valence-electron chi connectivity index (χ3n) is 3.73. The molecule has 2 amide bonds. The second-order valence-electron chi connectivity index (χ2n) is 6.09. The standard InChI is InChI=1S/C20H23BrN2O4/c1-4-17(27-15-8-5-13(2)6-9-15)20(25)23-22-19(24)12-26-18-10-7-14(3)11-16(18)21/h5-11,17H,4,12H2,1-3H3,(H,22,24)(H,23,25). The first-order chi connectivity index (χ1) is 12.9. The molecule has 0 bridgehead atoms. The number of hydrogen-bond acceptors (Lipinski definition) is 4. The lowest BCUT2D eigenvalue weighted by Crippen LogP contribution is -2.49. The highest BCUT2D eigenvalue weighted by molar-refractivity contribution is 9.10. The molecule has 1 atom stereocenters. The Morgan fingerprint density at radius 2 is 1.70 bits per heavy atom. The van der Waals surface area contributed by atoms with Crippen molar-refractivity contribution in [3.05, 3.63) is 58.1 Å². The Kier molecular flexibility index (Phi) is 7.67. The van der Waals surface area contributed by atoms with Crippen LogP contribution >= 0.6 is 15.9 Å². The number of rotatable bonds is 7. The lowest BCUT2D eigenvalue weighted by molar-refractivity contribution is -0.134. The minimum atomic E-state index is -0.708. The third-order valence-corrected chi connectivity index (χ3v) is 4.35. The third kappa shape index (κ3) is 6.60. The molecule has 2 N–H and O–H groups in total. The van der Waals surface area contributed by atoms with E-state index >= 15 is 0 Å². The van der Waals surface area contributed by atoms with E-state index in [2.05, 4.69) is 26.8 Å². The number of halogens is 1. The molecule has 2 aromatic carbocycles. The molecule has 0 aliphatic heterocycles. The van der Waals surface area contributed by atoms with Crippen molar-refractivity contribution < 1.29 is 19.1 Å². The fraction of sp³-hybridized carbons (Fsp3) is 0.300. The highest BCUT2D eigenvalue weighted by Gasteiger charge is 2.19. The van der Waals surface area contributed by atoms with Crippen LogP contribution in [0.1, 0.15) is 24.5 Å². The summed E-state index contributed by atoms with van der Waals surface area (Å²) in [5.41, 5.74) is 6.88. The van der Waals surface area contributed by atoms with Gasteiger partial charge in [-0.25, -0.2) is 0 Å². The van der Waals surface area contributed by atoms with Crippen LogP contribution in [0, 0.1) is 13.8 Å². The van der Waals surface area contributed by atoms with Gasteiger partial charge in [0.15, 0.2) is 12.7 Å². The van der Waals surface area contributed by atoms with Crippen LogP contribution in [0.25, 0.3) is 0 Å². The summed E-state index contributed by atoms with van der Waals surface area (Å²) in [4.78, 5) is 24.1. The Labute approximate surface area is 167 Å². The molecule has 0 aromatic heterocycles. The van der Waals surface area contributed by atoms with E-state index in [0.717, 1.165) is 15.6 Å². The van der Waals surface area contributed by atoms with Crippen molar-refractivity contribution in [1.82, 2.24) is 10.9 Å². The van der Waals surface area contributed by atoms with Gasteiger partial charge < -0.3 is 9.47 Å². The fourth-order valence-corrected chi connectivity index (χ4v) is 2.83. The molecule has 27 heavy (non-hydrogen) atoms.